The van der Waals surface area contributed by atoms with Gasteiger partial charge >= 0.3 is 0 Å². The Hall–Kier alpha value is -1.35. The highest BCUT2D eigenvalue weighted by Crippen LogP contribution is 2.26. The van der Waals surface area contributed by atoms with E-state index in [9.17, 15) is 9.90 Å². The van der Waals surface area contributed by atoms with Crippen molar-refractivity contribution in [3.8, 4) is 0 Å². The predicted octanol–water partition coefficient (Wildman–Crippen LogP) is 3.24. The molecule has 1 unspecified atom stereocenters. The minimum absolute atomic E-state index is 0.0354. The number of hydrogen-bond donors (Lipinski definition) is 2. The van der Waals surface area contributed by atoms with E-state index in [0.717, 1.165) is 44.1 Å². The molecule has 1 atom stereocenters. The Labute approximate surface area is 127 Å². The highest BCUT2D eigenvalue weighted by molar-refractivity contribution is 5.83. The van der Waals surface area contributed by atoms with Crippen LogP contribution in [0.4, 0.5) is 0 Å². The molecule has 1 aliphatic rings. The van der Waals surface area contributed by atoms with E-state index in [0.29, 0.717) is 5.92 Å². The summed E-state index contributed by atoms with van der Waals surface area (Å²) in [5.74, 6) is 0.556. The second-order valence-electron chi connectivity index (χ2n) is 6.16. The highest BCUT2D eigenvalue weighted by Gasteiger charge is 2.25. The van der Waals surface area contributed by atoms with E-state index in [1.165, 1.54) is 0 Å². The molecule has 0 bridgehead atoms. The van der Waals surface area contributed by atoms with Crippen LogP contribution in [0.15, 0.2) is 30.3 Å². The molecule has 1 saturated carbocycles. The topological polar surface area (TPSA) is 49.3 Å². The van der Waals surface area contributed by atoms with Crippen molar-refractivity contribution in [1.82, 2.24) is 5.32 Å². The monoisotopic (exact) mass is 289 g/mol. The average Bonchev–Trinajstić information content (AvgIpc) is 2.54. The van der Waals surface area contributed by atoms with Gasteiger partial charge in [0.05, 0.1) is 5.92 Å². The number of hydrogen-bond acceptors (Lipinski definition) is 2. The van der Waals surface area contributed by atoms with E-state index >= 15 is 0 Å². The lowest BCUT2D eigenvalue weighted by atomic mass is 9.86. The van der Waals surface area contributed by atoms with Gasteiger partial charge in [-0.05, 0) is 43.6 Å². The standard InChI is InChI=1S/C18H27NO2/c1-2-6-17(15-7-4-3-5-8-15)18(21)19-16-11-9-14(13-20)10-12-16/h3-5,7-8,14,16-17,20H,2,6,9-13H2,1H3,(H,19,21). The van der Waals surface area contributed by atoms with E-state index in [4.69, 9.17) is 0 Å². The van der Waals surface area contributed by atoms with Gasteiger partial charge in [-0.1, -0.05) is 43.7 Å². The van der Waals surface area contributed by atoms with Gasteiger partial charge in [-0.2, -0.15) is 0 Å². The molecule has 1 aromatic carbocycles. The fraction of sp³-hybridized carbons (Fsp3) is 0.611. The minimum Gasteiger partial charge on any atom is -0.396 e. The van der Waals surface area contributed by atoms with E-state index in [1.54, 1.807) is 0 Å². The maximum atomic E-state index is 12.6. The molecule has 3 heteroatoms. The molecule has 116 valence electrons. The molecule has 2 rings (SSSR count). The second kappa shape index (κ2) is 8.18. The van der Waals surface area contributed by atoms with Gasteiger partial charge in [0.2, 0.25) is 5.91 Å². The zero-order valence-corrected chi connectivity index (χ0v) is 12.9. The Morgan fingerprint density at radius 3 is 2.48 bits per heavy atom. The van der Waals surface area contributed by atoms with Crippen LogP contribution in [0.1, 0.15) is 56.9 Å². The Bertz CT molecular complexity index is 424. The zero-order valence-electron chi connectivity index (χ0n) is 12.9. The Morgan fingerprint density at radius 1 is 1.24 bits per heavy atom. The van der Waals surface area contributed by atoms with E-state index in [1.807, 2.05) is 30.3 Å². The van der Waals surface area contributed by atoms with Crippen LogP contribution in [0, 0.1) is 5.92 Å². The van der Waals surface area contributed by atoms with Gasteiger partial charge in [0.1, 0.15) is 0 Å². The van der Waals surface area contributed by atoms with Crippen molar-refractivity contribution in [2.45, 2.75) is 57.4 Å². The van der Waals surface area contributed by atoms with E-state index in [2.05, 4.69) is 12.2 Å². The molecular formula is C18H27NO2. The normalized spacial score (nSPS) is 23.5. The molecule has 1 fully saturated rings. The number of aliphatic hydroxyl groups excluding tert-OH is 1. The number of benzene rings is 1. The van der Waals surface area contributed by atoms with Crippen molar-refractivity contribution < 1.29 is 9.90 Å². The van der Waals surface area contributed by atoms with Crippen LogP contribution in [0.25, 0.3) is 0 Å². The fourth-order valence-corrected chi connectivity index (χ4v) is 3.21. The van der Waals surface area contributed by atoms with Crippen molar-refractivity contribution in [1.29, 1.82) is 0 Å². The largest absolute Gasteiger partial charge is 0.396 e. The summed E-state index contributed by atoms with van der Waals surface area (Å²) in [4.78, 5) is 12.6. The highest BCUT2D eigenvalue weighted by atomic mass is 16.3. The lowest BCUT2D eigenvalue weighted by molar-refractivity contribution is -0.123. The van der Waals surface area contributed by atoms with Crippen molar-refractivity contribution in [2.24, 2.45) is 5.92 Å². The van der Waals surface area contributed by atoms with Gasteiger partial charge in [0.15, 0.2) is 0 Å². The maximum Gasteiger partial charge on any atom is 0.227 e. The molecule has 0 radical (unpaired) electrons. The summed E-state index contributed by atoms with van der Waals surface area (Å²) < 4.78 is 0. The van der Waals surface area contributed by atoms with Gasteiger partial charge < -0.3 is 10.4 Å². The lowest BCUT2D eigenvalue weighted by Crippen LogP contribution is -2.40. The van der Waals surface area contributed by atoms with Crippen LogP contribution in [-0.2, 0) is 4.79 Å². The predicted molar refractivity (Wildman–Crippen MR) is 85.1 cm³/mol. The molecule has 0 saturated heterocycles. The fourth-order valence-electron chi connectivity index (χ4n) is 3.21. The minimum atomic E-state index is -0.0354. The van der Waals surface area contributed by atoms with Crippen LogP contribution < -0.4 is 5.32 Å². The first-order valence-electron chi connectivity index (χ1n) is 8.20. The Morgan fingerprint density at radius 2 is 1.90 bits per heavy atom. The molecule has 0 aliphatic heterocycles. The third-order valence-electron chi connectivity index (χ3n) is 4.55. The Balaban J connectivity index is 1.93. The average molecular weight is 289 g/mol. The van der Waals surface area contributed by atoms with Crippen molar-refractivity contribution in [3.05, 3.63) is 35.9 Å². The molecule has 0 aromatic heterocycles. The van der Waals surface area contributed by atoms with Crippen LogP contribution in [0.5, 0.6) is 0 Å². The third-order valence-corrected chi connectivity index (χ3v) is 4.55. The first-order chi connectivity index (χ1) is 10.2. The quantitative estimate of drug-likeness (QED) is 0.844. The third kappa shape index (κ3) is 4.57. The first kappa shape index (κ1) is 16.0. The number of carbonyl (C=O) groups excluding carboxylic acids is 1. The number of amides is 1. The van der Waals surface area contributed by atoms with Gasteiger partial charge in [-0.3, -0.25) is 4.79 Å². The van der Waals surface area contributed by atoms with Crippen LogP contribution >= 0.6 is 0 Å². The first-order valence-corrected chi connectivity index (χ1v) is 8.20. The molecule has 1 amide bonds. The lowest BCUT2D eigenvalue weighted by Gasteiger charge is -2.29. The van der Waals surface area contributed by atoms with Crippen molar-refractivity contribution in [2.75, 3.05) is 6.61 Å². The molecule has 2 N–H and O–H groups in total. The summed E-state index contributed by atoms with van der Waals surface area (Å²) in [5, 5.41) is 12.4. The summed E-state index contributed by atoms with van der Waals surface area (Å²) in [6, 6.07) is 10.4. The van der Waals surface area contributed by atoms with E-state index < -0.39 is 0 Å². The van der Waals surface area contributed by atoms with Gasteiger partial charge in [-0.25, -0.2) is 0 Å². The smallest absolute Gasteiger partial charge is 0.227 e. The zero-order chi connectivity index (χ0) is 15.1. The summed E-state index contributed by atoms with van der Waals surface area (Å²) in [5.41, 5.74) is 1.11. The molecular weight excluding hydrogens is 262 g/mol. The van der Waals surface area contributed by atoms with Crippen LogP contribution in [0.3, 0.4) is 0 Å². The van der Waals surface area contributed by atoms with Crippen molar-refractivity contribution in [3.63, 3.8) is 0 Å². The van der Waals surface area contributed by atoms with Gasteiger partial charge in [-0.15, -0.1) is 0 Å². The molecule has 0 heterocycles. The van der Waals surface area contributed by atoms with Crippen LogP contribution in [0.2, 0.25) is 0 Å². The molecule has 21 heavy (non-hydrogen) atoms. The molecule has 0 spiro atoms. The summed E-state index contributed by atoms with van der Waals surface area (Å²) >= 11 is 0. The SMILES string of the molecule is CCCC(C(=O)NC1CCC(CO)CC1)c1ccccc1. The molecule has 1 aromatic rings. The van der Waals surface area contributed by atoms with E-state index in [-0.39, 0.29) is 24.5 Å². The molecule has 1 aliphatic carbocycles. The summed E-state index contributed by atoms with van der Waals surface area (Å²) in [6.07, 6.45) is 5.91. The molecule has 3 nitrogen and oxygen atoms in total. The number of rotatable bonds is 6. The Kier molecular flexibility index (Phi) is 6.24. The van der Waals surface area contributed by atoms with Crippen molar-refractivity contribution >= 4 is 5.91 Å². The number of nitrogens with one attached hydrogen (secondary N) is 1. The maximum absolute atomic E-state index is 12.6. The van der Waals surface area contributed by atoms with Gasteiger partial charge in [0, 0.05) is 12.6 Å². The summed E-state index contributed by atoms with van der Waals surface area (Å²) in [6.45, 7) is 2.40. The van der Waals surface area contributed by atoms with Gasteiger partial charge in [0.25, 0.3) is 0 Å². The number of aliphatic hydroxyl groups is 1. The second-order valence-corrected chi connectivity index (χ2v) is 6.16. The van der Waals surface area contributed by atoms with Crippen LogP contribution in [-0.4, -0.2) is 23.7 Å². The summed E-state index contributed by atoms with van der Waals surface area (Å²) in [7, 11) is 0. The number of carbonyl (C=O) groups is 1.